The maximum absolute atomic E-state index is 13.9. The van der Waals surface area contributed by atoms with Crippen molar-refractivity contribution in [2.75, 3.05) is 7.11 Å². The molecule has 2 aromatic heterocycles. The number of thiophene rings is 1. The standard InChI is InChI=1S/C27H33N3O3S/c1-4-21-14-22-24(34-21)15-23-25(31)30(16-18-9-8-12-20(13-18)33-3)27(2,17-29(22)23)26(32)28-19-10-6-5-7-11-19/h8-9,12-15,19H,4-7,10-11,16-17H2,1-3H3,(H,28,32)/t27-/m0/s1. The lowest BCUT2D eigenvalue weighted by atomic mass is 9.91. The van der Waals surface area contributed by atoms with Crippen LogP contribution in [0.1, 0.15) is 66.9 Å². The summed E-state index contributed by atoms with van der Waals surface area (Å²) in [6.07, 6.45) is 6.50. The van der Waals surface area contributed by atoms with Crippen molar-refractivity contribution in [2.24, 2.45) is 0 Å². The Hall–Kier alpha value is -2.80. The summed E-state index contributed by atoms with van der Waals surface area (Å²) in [7, 11) is 1.64. The topological polar surface area (TPSA) is 63.6 Å². The van der Waals surface area contributed by atoms with Gasteiger partial charge in [0, 0.05) is 17.5 Å². The average molecular weight is 480 g/mol. The Bertz CT molecular complexity index is 1220. The molecule has 1 saturated carbocycles. The molecule has 3 aromatic rings. The molecule has 7 heteroatoms. The van der Waals surface area contributed by atoms with Crippen LogP contribution in [0.25, 0.3) is 10.2 Å². The minimum Gasteiger partial charge on any atom is -0.497 e. The highest BCUT2D eigenvalue weighted by atomic mass is 32.1. The minimum absolute atomic E-state index is 0.0610. The largest absolute Gasteiger partial charge is 0.497 e. The molecule has 1 N–H and O–H groups in total. The van der Waals surface area contributed by atoms with Crippen LogP contribution in [0.15, 0.2) is 36.4 Å². The Kier molecular flexibility index (Phi) is 6.15. The summed E-state index contributed by atoms with van der Waals surface area (Å²) < 4.78 is 8.57. The first kappa shape index (κ1) is 23.0. The van der Waals surface area contributed by atoms with Crippen molar-refractivity contribution in [1.29, 1.82) is 0 Å². The predicted octanol–water partition coefficient (Wildman–Crippen LogP) is 5.14. The fourth-order valence-electron chi connectivity index (χ4n) is 5.35. The van der Waals surface area contributed by atoms with Crippen LogP contribution in [0.4, 0.5) is 0 Å². The number of fused-ring (bicyclic) bond motifs is 3. The lowest BCUT2D eigenvalue weighted by Crippen LogP contribution is -2.64. The van der Waals surface area contributed by atoms with E-state index < -0.39 is 5.54 Å². The van der Waals surface area contributed by atoms with E-state index in [-0.39, 0.29) is 17.9 Å². The summed E-state index contributed by atoms with van der Waals surface area (Å²) in [5.41, 5.74) is 1.67. The first-order chi connectivity index (χ1) is 16.4. The zero-order valence-corrected chi connectivity index (χ0v) is 21.0. The van der Waals surface area contributed by atoms with Crippen LogP contribution in [-0.2, 0) is 24.3 Å². The fraction of sp³-hybridized carbons (Fsp3) is 0.481. The van der Waals surface area contributed by atoms with E-state index in [4.69, 9.17) is 4.74 Å². The van der Waals surface area contributed by atoms with Gasteiger partial charge in [-0.2, -0.15) is 0 Å². The molecule has 0 saturated heterocycles. The van der Waals surface area contributed by atoms with E-state index in [0.717, 1.165) is 53.6 Å². The summed E-state index contributed by atoms with van der Waals surface area (Å²) >= 11 is 1.73. The quantitative estimate of drug-likeness (QED) is 0.533. The van der Waals surface area contributed by atoms with Crippen molar-refractivity contribution >= 4 is 33.4 Å². The Labute approximate surface area is 204 Å². The normalized spacial score (nSPS) is 21.0. The molecule has 180 valence electrons. The van der Waals surface area contributed by atoms with Crippen LogP contribution >= 0.6 is 11.3 Å². The van der Waals surface area contributed by atoms with Crippen LogP contribution < -0.4 is 10.1 Å². The van der Waals surface area contributed by atoms with Gasteiger partial charge in [-0.15, -0.1) is 11.3 Å². The number of amides is 2. The van der Waals surface area contributed by atoms with Crippen molar-refractivity contribution in [3.8, 4) is 5.75 Å². The number of nitrogens with one attached hydrogen (secondary N) is 1. The molecule has 0 unspecified atom stereocenters. The first-order valence-corrected chi connectivity index (χ1v) is 13.1. The van der Waals surface area contributed by atoms with Gasteiger partial charge in [0.15, 0.2) is 0 Å². The van der Waals surface area contributed by atoms with Crippen LogP contribution in [0, 0.1) is 0 Å². The van der Waals surface area contributed by atoms with Gasteiger partial charge >= 0.3 is 0 Å². The number of nitrogens with zero attached hydrogens (tertiary/aromatic N) is 2. The van der Waals surface area contributed by atoms with E-state index in [1.165, 1.54) is 11.3 Å². The third-order valence-corrected chi connectivity index (χ3v) is 8.64. The van der Waals surface area contributed by atoms with Crippen molar-refractivity contribution in [3.05, 3.63) is 52.5 Å². The number of benzene rings is 1. The number of hydrogen-bond acceptors (Lipinski definition) is 4. The second-order valence-corrected chi connectivity index (χ2v) is 10.9. The Morgan fingerprint density at radius 2 is 2.00 bits per heavy atom. The van der Waals surface area contributed by atoms with Gasteiger partial charge in [-0.3, -0.25) is 9.59 Å². The number of hydrogen-bond donors (Lipinski definition) is 1. The minimum atomic E-state index is -0.995. The second-order valence-electron chi connectivity index (χ2n) is 9.76. The molecular formula is C27H33N3O3S. The van der Waals surface area contributed by atoms with Crippen LogP contribution in [0.5, 0.6) is 5.75 Å². The first-order valence-electron chi connectivity index (χ1n) is 12.3. The third kappa shape index (κ3) is 4.00. The van der Waals surface area contributed by atoms with Gasteiger partial charge in [-0.25, -0.2) is 0 Å². The SMILES string of the molecule is CCc1cc2c(cc3n2C[C@@](C)(C(=O)NC2CCCCC2)N(Cc2cccc(OC)c2)C3=O)s1. The zero-order chi connectivity index (χ0) is 23.9. The third-order valence-electron chi connectivity index (χ3n) is 7.42. The molecule has 1 fully saturated rings. The lowest BCUT2D eigenvalue weighted by molar-refractivity contribution is -0.134. The van der Waals surface area contributed by atoms with E-state index in [2.05, 4.69) is 22.9 Å². The highest BCUT2D eigenvalue weighted by molar-refractivity contribution is 7.19. The number of carbonyl (C=O) groups excluding carboxylic acids is 2. The van der Waals surface area contributed by atoms with Gasteiger partial charge in [-0.05, 0) is 56.0 Å². The maximum Gasteiger partial charge on any atom is 0.271 e. The smallest absolute Gasteiger partial charge is 0.271 e. The number of methoxy groups -OCH3 is 1. The number of ether oxygens (including phenoxy) is 1. The highest BCUT2D eigenvalue weighted by Crippen LogP contribution is 2.37. The summed E-state index contributed by atoms with van der Waals surface area (Å²) in [4.78, 5) is 30.8. The Balaban J connectivity index is 1.54. The molecular weight excluding hydrogens is 446 g/mol. The zero-order valence-electron chi connectivity index (χ0n) is 20.2. The highest BCUT2D eigenvalue weighted by Gasteiger charge is 2.48. The van der Waals surface area contributed by atoms with Gasteiger partial charge in [-0.1, -0.05) is 38.3 Å². The fourth-order valence-corrected chi connectivity index (χ4v) is 6.39. The Morgan fingerprint density at radius 1 is 1.21 bits per heavy atom. The Morgan fingerprint density at radius 3 is 2.74 bits per heavy atom. The van der Waals surface area contributed by atoms with Gasteiger partial charge in [0.25, 0.3) is 5.91 Å². The molecule has 2 aliphatic rings. The molecule has 6 nitrogen and oxygen atoms in total. The molecule has 1 aliphatic heterocycles. The van der Waals surface area contributed by atoms with E-state index >= 15 is 0 Å². The van der Waals surface area contributed by atoms with Gasteiger partial charge in [0.2, 0.25) is 5.91 Å². The van der Waals surface area contributed by atoms with Gasteiger partial charge < -0.3 is 19.5 Å². The van der Waals surface area contributed by atoms with Crippen molar-refractivity contribution in [2.45, 2.75) is 77.0 Å². The van der Waals surface area contributed by atoms with E-state index in [9.17, 15) is 9.59 Å². The van der Waals surface area contributed by atoms with E-state index in [1.807, 2.05) is 37.3 Å². The monoisotopic (exact) mass is 479 g/mol. The number of aryl methyl sites for hydroxylation is 1. The predicted molar refractivity (Wildman–Crippen MR) is 135 cm³/mol. The molecule has 0 radical (unpaired) electrons. The van der Waals surface area contributed by atoms with Crippen LogP contribution in [-0.4, -0.2) is 40.0 Å². The molecule has 0 bridgehead atoms. The molecule has 34 heavy (non-hydrogen) atoms. The lowest BCUT2D eigenvalue weighted by Gasteiger charge is -2.45. The summed E-state index contributed by atoms with van der Waals surface area (Å²) in [5.74, 6) is 0.581. The summed E-state index contributed by atoms with van der Waals surface area (Å²) in [5, 5.41) is 3.31. The second kappa shape index (κ2) is 9.10. The van der Waals surface area contributed by atoms with Crippen molar-refractivity contribution in [1.82, 2.24) is 14.8 Å². The molecule has 2 amide bonds. The number of aromatic nitrogens is 1. The summed E-state index contributed by atoms with van der Waals surface area (Å²) in [6, 6.07) is 12.1. The summed E-state index contributed by atoms with van der Waals surface area (Å²) in [6.45, 7) is 4.86. The maximum atomic E-state index is 13.9. The number of rotatable bonds is 6. The molecule has 1 aromatic carbocycles. The van der Waals surface area contributed by atoms with Crippen LogP contribution in [0.3, 0.4) is 0 Å². The molecule has 1 atom stereocenters. The molecule has 5 rings (SSSR count). The number of carbonyl (C=O) groups is 2. The van der Waals surface area contributed by atoms with Gasteiger partial charge in [0.1, 0.15) is 17.0 Å². The van der Waals surface area contributed by atoms with Crippen LogP contribution in [0.2, 0.25) is 0 Å². The van der Waals surface area contributed by atoms with Gasteiger partial charge in [0.05, 0.1) is 23.9 Å². The average Bonchev–Trinajstić information content (AvgIpc) is 3.41. The van der Waals surface area contributed by atoms with E-state index in [0.29, 0.717) is 18.8 Å². The van der Waals surface area contributed by atoms with E-state index in [1.54, 1.807) is 23.3 Å². The molecule has 1 aliphatic carbocycles. The van der Waals surface area contributed by atoms with Crippen molar-refractivity contribution in [3.63, 3.8) is 0 Å². The molecule has 3 heterocycles. The molecule has 0 spiro atoms. The van der Waals surface area contributed by atoms with Crippen molar-refractivity contribution < 1.29 is 14.3 Å².